The van der Waals surface area contributed by atoms with Crippen molar-refractivity contribution in [3.8, 4) is 0 Å². The molecule has 0 saturated carbocycles. The third-order valence-corrected chi connectivity index (χ3v) is 3.30. The largest absolute Gasteiger partial charge is 0.349 e. The summed E-state index contributed by atoms with van der Waals surface area (Å²) in [5.41, 5.74) is 1.15. The smallest absolute Gasteiger partial charge is 0.222 e. The Morgan fingerprint density at radius 2 is 2.05 bits per heavy atom. The zero-order valence-corrected chi connectivity index (χ0v) is 13.4. The molecule has 0 spiro atoms. The molecule has 2 aromatic rings. The molecule has 1 amide bonds. The van der Waals surface area contributed by atoms with Crippen LogP contribution in [0.3, 0.4) is 0 Å². The van der Waals surface area contributed by atoms with Gasteiger partial charge in [0.1, 0.15) is 12.7 Å². The highest BCUT2D eigenvalue weighted by atomic mass is 16.1. The van der Waals surface area contributed by atoms with E-state index in [4.69, 9.17) is 0 Å². The van der Waals surface area contributed by atoms with E-state index in [0.29, 0.717) is 13.0 Å². The van der Waals surface area contributed by atoms with E-state index in [2.05, 4.69) is 41.3 Å². The minimum atomic E-state index is -0.0258. The van der Waals surface area contributed by atoms with E-state index in [0.717, 1.165) is 12.0 Å². The maximum absolute atomic E-state index is 12.2. The van der Waals surface area contributed by atoms with Crippen LogP contribution in [0.1, 0.15) is 45.2 Å². The topological polar surface area (TPSA) is 72.7 Å². The van der Waals surface area contributed by atoms with Crippen molar-refractivity contribution >= 4 is 5.91 Å². The SMILES string of the molecule is CC(C)(C)C[C@@H](NC(=O)CCn1cnnc1)c1cccnc1. The van der Waals surface area contributed by atoms with Crippen LogP contribution in [-0.2, 0) is 11.3 Å². The molecular weight excluding hydrogens is 278 g/mol. The molecule has 2 rings (SSSR count). The van der Waals surface area contributed by atoms with Crippen LogP contribution in [0.25, 0.3) is 0 Å². The van der Waals surface area contributed by atoms with E-state index in [9.17, 15) is 4.79 Å². The third-order valence-electron chi connectivity index (χ3n) is 3.30. The van der Waals surface area contributed by atoms with Crippen LogP contribution in [0.2, 0.25) is 0 Å². The Labute approximate surface area is 131 Å². The lowest BCUT2D eigenvalue weighted by molar-refractivity contribution is -0.122. The van der Waals surface area contributed by atoms with Gasteiger partial charge in [-0.3, -0.25) is 9.78 Å². The van der Waals surface area contributed by atoms with Crippen molar-refractivity contribution in [2.24, 2.45) is 5.41 Å². The molecule has 0 unspecified atom stereocenters. The quantitative estimate of drug-likeness (QED) is 0.889. The molecule has 1 atom stereocenters. The fourth-order valence-corrected chi connectivity index (χ4v) is 2.28. The first-order valence-electron chi connectivity index (χ1n) is 7.46. The summed E-state index contributed by atoms with van der Waals surface area (Å²) < 4.78 is 1.79. The van der Waals surface area contributed by atoms with E-state index in [1.165, 1.54) is 0 Å². The minimum Gasteiger partial charge on any atom is -0.349 e. The van der Waals surface area contributed by atoms with Gasteiger partial charge < -0.3 is 9.88 Å². The van der Waals surface area contributed by atoms with E-state index in [1.54, 1.807) is 23.4 Å². The number of carbonyl (C=O) groups is 1. The second-order valence-corrected chi connectivity index (χ2v) is 6.62. The van der Waals surface area contributed by atoms with Gasteiger partial charge in [-0.25, -0.2) is 0 Å². The highest BCUT2D eigenvalue weighted by Crippen LogP contribution is 2.29. The molecule has 0 aromatic carbocycles. The van der Waals surface area contributed by atoms with Gasteiger partial charge in [-0.1, -0.05) is 26.8 Å². The van der Waals surface area contributed by atoms with Gasteiger partial charge in [-0.15, -0.1) is 10.2 Å². The fraction of sp³-hybridized carbons (Fsp3) is 0.500. The van der Waals surface area contributed by atoms with Crippen molar-refractivity contribution < 1.29 is 4.79 Å². The van der Waals surface area contributed by atoms with E-state index in [1.807, 2.05) is 18.3 Å². The van der Waals surface area contributed by atoms with Gasteiger partial charge >= 0.3 is 0 Å². The van der Waals surface area contributed by atoms with Crippen molar-refractivity contribution in [1.29, 1.82) is 0 Å². The zero-order valence-electron chi connectivity index (χ0n) is 13.4. The van der Waals surface area contributed by atoms with Crippen molar-refractivity contribution in [3.63, 3.8) is 0 Å². The maximum atomic E-state index is 12.2. The Morgan fingerprint density at radius 1 is 1.32 bits per heavy atom. The Kier molecular flexibility index (Phi) is 5.25. The van der Waals surface area contributed by atoms with Gasteiger partial charge in [0.15, 0.2) is 0 Å². The average molecular weight is 301 g/mol. The first-order valence-corrected chi connectivity index (χ1v) is 7.46. The summed E-state index contributed by atoms with van der Waals surface area (Å²) >= 11 is 0. The average Bonchev–Trinajstić information content (AvgIpc) is 2.97. The molecule has 6 nitrogen and oxygen atoms in total. The molecule has 0 aliphatic rings. The number of hydrogen-bond acceptors (Lipinski definition) is 4. The second kappa shape index (κ2) is 7.15. The number of carbonyl (C=O) groups excluding carboxylic acids is 1. The summed E-state index contributed by atoms with van der Waals surface area (Å²) in [5.74, 6) is 0.0202. The van der Waals surface area contributed by atoms with Gasteiger partial charge in [0, 0.05) is 25.4 Å². The number of aromatic nitrogens is 4. The fourth-order valence-electron chi connectivity index (χ4n) is 2.28. The number of hydrogen-bond donors (Lipinski definition) is 1. The molecule has 22 heavy (non-hydrogen) atoms. The molecule has 1 N–H and O–H groups in total. The Bertz CT molecular complexity index is 574. The number of pyridine rings is 1. The summed E-state index contributed by atoms with van der Waals surface area (Å²) in [5, 5.41) is 10.6. The molecular formula is C16H23N5O. The lowest BCUT2D eigenvalue weighted by Crippen LogP contribution is -2.31. The lowest BCUT2D eigenvalue weighted by Gasteiger charge is -2.27. The number of nitrogens with one attached hydrogen (secondary N) is 1. The molecule has 0 bridgehead atoms. The summed E-state index contributed by atoms with van der Waals surface area (Å²) in [4.78, 5) is 16.4. The maximum Gasteiger partial charge on any atom is 0.222 e. The van der Waals surface area contributed by atoms with Crippen LogP contribution >= 0.6 is 0 Å². The molecule has 2 aromatic heterocycles. The van der Waals surface area contributed by atoms with Crippen molar-refractivity contribution in [2.75, 3.05) is 0 Å². The predicted molar refractivity (Wildman–Crippen MR) is 83.8 cm³/mol. The highest BCUT2D eigenvalue weighted by Gasteiger charge is 2.22. The predicted octanol–water partition coefficient (Wildman–Crippen LogP) is 2.36. The van der Waals surface area contributed by atoms with Crippen LogP contribution in [0, 0.1) is 5.41 Å². The number of aryl methyl sites for hydroxylation is 1. The molecule has 6 heteroatoms. The molecule has 0 saturated heterocycles. The van der Waals surface area contributed by atoms with E-state index < -0.39 is 0 Å². The standard InChI is InChI=1S/C16H23N5O/c1-16(2,3)9-14(13-5-4-7-17-10-13)20-15(22)6-8-21-11-18-19-12-21/h4-5,7,10-12,14H,6,8-9H2,1-3H3,(H,20,22)/t14-/m1/s1. The lowest BCUT2D eigenvalue weighted by atomic mass is 9.86. The first-order chi connectivity index (χ1) is 10.4. The summed E-state index contributed by atoms with van der Waals surface area (Å²) in [6, 6.07) is 3.87. The molecule has 0 radical (unpaired) electrons. The van der Waals surface area contributed by atoms with Crippen LogP contribution in [0.5, 0.6) is 0 Å². The first kappa shape index (κ1) is 16.1. The highest BCUT2D eigenvalue weighted by molar-refractivity contribution is 5.76. The van der Waals surface area contributed by atoms with E-state index >= 15 is 0 Å². The molecule has 2 heterocycles. The zero-order chi connectivity index (χ0) is 16.0. The number of nitrogens with zero attached hydrogens (tertiary/aromatic N) is 4. The number of amides is 1. The van der Waals surface area contributed by atoms with Crippen LogP contribution in [-0.4, -0.2) is 25.7 Å². The molecule has 0 aliphatic carbocycles. The van der Waals surface area contributed by atoms with Crippen LogP contribution < -0.4 is 5.32 Å². The van der Waals surface area contributed by atoms with Gasteiger partial charge in [0.25, 0.3) is 0 Å². The number of rotatable bonds is 6. The van der Waals surface area contributed by atoms with Crippen molar-refractivity contribution in [2.45, 2.75) is 46.2 Å². The van der Waals surface area contributed by atoms with Gasteiger partial charge in [-0.2, -0.15) is 0 Å². The van der Waals surface area contributed by atoms with Crippen molar-refractivity contribution in [3.05, 3.63) is 42.7 Å². The second-order valence-electron chi connectivity index (χ2n) is 6.62. The molecule has 118 valence electrons. The Balaban J connectivity index is 1.98. The summed E-state index contributed by atoms with van der Waals surface area (Å²) in [6.07, 6.45) is 8.04. The van der Waals surface area contributed by atoms with Gasteiger partial charge in [0.05, 0.1) is 6.04 Å². The van der Waals surface area contributed by atoms with Crippen molar-refractivity contribution in [1.82, 2.24) is 25.1 Å². The third kappa shape index (κ3) is 5.27. The van der Waals surface area contributed by atoms with Crippen LogP contribution in [0.4, 0.5) is 0 Å². The molecule has 0 fully saturated rings. The summed E-state index contributed by atoms with van der Waals surface area (Å²) in [6.45, 7) is 7.08. The van der Waals surface area contributed by atoms with Gasteiger partial charge in [-0.05, 0) is 23.5 Å². The Morgan fingerprint density at radius 3 is 2.64 bits per heavy atom. The van der Waals surface area contributed by atoms with Gasteiger partial charge in [0.2, 0.25) is 5.91 Å². The van der Waals surface area contributed by atoms with E-state index in [-0.39, 0.29) is 17.4 Å². The monoisotopic (exact) mass is 301 g/mol. The summed E-state index contributed by atoms with van der Waals surface area (Å²) in [7, 11) is 0. The molecule has 0 aliphatic heterocycles. The Hall–Kier alpha value is -2.24. The normalized spacial score (nSPS) is 12.9. The van der Waals surface area contributed by atoms with Crippen LogP contribution in [0.15, 0.2) is 37.2 Å². The minimum absolute atomic E-state index is 0.0202.